The molecule has 0 aliphatic rings. The summed E-state index contributed by atoms with van der Waals surface area (Å²) in [5.74, 6) is 0. The van der Waals surface area contributed by atoms with E-state index in [9.17, 15) is 8.78 Å². The van der Waals surface area contributed by atoms with Crippen molar-refractivity contribution < 1.29 is 8.78 Å². The highest BCUT2D eigenvalue weighted by molar-refractivity contribution is 6.37. The van der Waals surface area contributed by atoms with Crippen molar-refractivity contribution in [3.8, 4) is 5.69 Å². The van der Waals surface area contributed by atoms with E-state index >= 15 is 0 Å². The molecule has 0 aliphatic carbocycles. The summed E-state index contributed by atoms with van der Waals surface area (Å²) < 4.78 is 26.4. The second-order valence-corrected chi connectivity index (χ2v) is 3.90. The van der Waals surface area contributed by atoms with Crippen molar-refractivity contribution >= 4 is 23.2 Å². The maximum atomic E-state index is 12.5. The van der Waals surface area contributed by atoms with E-state index in [-0.39, 0.29) is 15.6 Å². The Morgan fingerprint density at radius 1 is 1.19 bits per heavy atom. The molecule has 84 valence electrons. The first-order chi connectivity index (χ1) is 7.59. The van der Waals surface area contributed by atoms with Crippen molar-refractivity contribution in [1.82, 2.24) is 9.78 Å². The third-order valence-corrected chi connectivity index (χ3v) is 2.60. The van der Waals surface area contributed by atoms with Crippen molar-refractivity contribution in [2.45, 2.75) is 6.43 Å². The van der Waals surface area contributed by atoms with Gasteiger partial charge in [-0.05, 0) is 18.2 Å². The van der Waals surface area contributed by atoms with Gasteiger partial charge in [0.05, 0.1) is 10.0 Å². The molecule has 6 heteroatoms. The summed E-state index contributed by atoms with van der Waals surface area (Å²) in [5, 5.41) is 4.23. The first kappa shape index (κ1) is 11.4. The van der Waals surface area contributed by atoms with E-state index in [4.69, 9.17) is 23.2 Å². The van der Waals surface area contributed by atoms with Crippen LogP contribution in [0.3, 0.4) is 0 Å². The Morgan fingerprint density at radius 3 is 2.25 bits per heavy atom. The van der Waals surface area contributed by atoms with Gasteiger partial charge in [0.15, 0.2) is 0 Å². The van der Waals surface area contributed by atoms with Gasteiger partial charge < -0.3 is 0 Å². The third-order valence-electron chi connectivity index (χ3n) is 2.02. The van der Waals surface area contributed by atoms with E-state index in [0.717, 1.165) is 0 Å². The van der Waals surface area contributed by atoms with Crippen molar-refractivity contribution in [3.63, 3.8) is 0 Å². The van der Waals surface area contributed by atoms with Gasteiger partial charge in [0, 0.05) is 18.0 Å². The summed E-state index contributed by atoms with van der Waals surface area (Å²) in [6.45, 7) is 0. The van der Waals surface area contributed by atoms with Gasteiger partial charge in [-0.1, -0.05) is 23.2 Å². The van der Waals surface area contributed by atoms with Crippen LogP contribution in [0.15, 0.2) is 30.6 Å². The molecule has 0 radical (unpaired) electrons. The molecule has 1 heterocycles. The van der Waals surface area contributed by atoms with Gasteiger partial charge in [0.2, 0.25) is 0 Å². The zero-order valence-corrected chi connectivity index (χ0v) is 9.38. The number of hydrogen-bond acceptors (Lipinski definition) is 1. The van der Waals surface area contributed by atoms with Crippen LogP contribution < -0.4 is 0 Å². The Labute approximate surface area is 100 Å². The molecule has 0 fully saturated rings. The Kier molecular flexibility index (Phi) is 3.12. The smallest absolute Gasteiger partial charge is 0.238 e. The van der Waals surface area contributed by atoms with Crippen LogP contribution in [0.4, 0.5) is 8.78 Å². The second-order valence-electron chi connectivity index (χ2n) is 3.08. The van der Waals surface area contributed by atoms with Gasteiger partial charge in [-0.2, -0.15) is 5.10 Å². The second kappa shape index (κ2) is 4.39. The number of nitrogens with zero attached hydrogens (tertiary/aromatic N) is 2. The topological polar surface area (TPSA) is 17.8 Å². The van der Waals surface area contributed by atoms with Crippen molar-refractivity contribution in [2.75, 3.05) is 0 Å². The lowest BCUT2D eigenvalue weighted by atomic mass is 10.2. The fourth-order valence-corrected chi connectivity index (χ4v) is 2.01. The van der Waals surface area contributed by atoms with Crippen molar-refractivity contribution in [2.24, 2.45) is 0 Å². The predicted octanol–water partition coefficient (Wildman–Crippen LogP) is 4.12. The largest absolute Gasteiger partial charge is 0.263 e. The Morgan fingerprint density at radius 2 is 1.81 bits per heavy atom. The standard InChI is InChI=1S/C10H6Cl2F2N2/c11-7-4-6(10(13)14)5-8(12)9(7)16-3-1-2-15-16/h1-5,10H. The van der Waals surface area contributed by atoms with E-state index in [1.54, 1.807) is 18.5 Å². The summed E-state index contributed by atoms with van der Waals surface area (Å²) >= 11 is 11.8. The van der Waals surface area contributed by atoms with E-state index < -0.39 is 6.43 Å². The van der Waals surface area contributed by atoms with Crippen LogP contribution in [0, 0.1) is 0 Å². The number of halogens is 4. The lowest BCUT2D eigenvalue weighted by Crippen LogP contribution is -1.98. The molecule has 2 aromatic rings. The zero-order valence-electron chi connectivity index (χ0n) is 7.87. The van der Waals surface area contributed by atoms with Crippen LogP contribution >= 0.6 is 23.2 Å². The van der Waals surface area contributed by atoms with E-state index in [0.29, 0.717) is 5.69 Å². The molecule has 0 aliphatic heterocycles. The number of rotatable bonds is 2. The summed E-state index contributed by atoms with van der Waals surface area (Å²) in [7, 11) is 0. The van der Waals surface area contributed by atoms with Crippen LogP contribution in [0.25, 0.3) is 5.69 Å². The van der Waals surface area contributed by atoms with Gasteiger partial charge in [0.1, 0.15) is 5.69 Å². The van der Waals surface area contributed by atoms with Crippen molar-refractivity contribution in [1.29, 1.82) is 0 Å². The lowest BCUT2D eigenvalue weighted by molar-refractivity contribution is 0.151. The number of benzene rings is 1. The molecular weight excluding hydrogens is 257 g/mol. The molecule has 0 amide bonds. The predicted molar refractivity (Wildman–Crippen MR) is 58.5 cm³/mol. The molecule has 2 rings (SSSR count). The molecule has 2 nitrogen and oxygen atoms in total. The van der Waals surface area contributed by atoms with Crippen LogP contribution in [0.1, 0.15) is 12.0 Å². The highest BCUT2D eigenvalue weighted by Gasteiger charge is 2.15. The van der Waals surface area contributed by atoms with Crippen LogP contribution in [0.2, 0.25) is 10.0 Å². The average molecular weight is 263 g/mol. The fourth-order valence-electron chi connectivity index (χ4n) is 1.33. The monoisotopic (exact) mass is 262 g/mol. The van der Waals surface area contributed by atoms with E-state index in [1.165, 1.54) is 16.8 Å². The van der Waals surface area contributed by atoms with E-state index in [2.05, 4.69) is 5.10 Å². The van der Waals surface area contributed by atoms with Gasteiger partial charge in [-0.15, -0.1) is 0 Å². The molecule has 16 heavy (non-hydrogen) atoms. The SMILES string of the molecule is FC(F)c1cc(Cl)c(-n2cccn2)c(Cl)c1. The quantitative estimate of drug-likeness (QED) is 0.796. The molecule has 0 spiro atoms. The minimum Gasteiger partial charge on any atom is -0.238 e. The summed E-state index contributed by atoms with van der Waals surface area (Å²) in [6.07, 6.45) is 0.588. The summed E-state index contributed by atoms with van der Waals surface area (Å²) in [4.78, 5) is 0. The molecule has 0 bridgehead atoms. The fraction of sp³-hybridized carbons (Fsp3) is 0.100. The first-order valence-corrected chi connectivity index (χ1v) is 5.12. The average Bonchev–Trinajstić information content (AvgIpc) is 2.69. The number of aromatic nitrogens is 2. The number of alkyl halides is 2. The minimum atomic E-state index is -2.60. The normalized spacial score (nSPS) is 11.1. The van der Waals surface area contributed by atoms with Gasteiger partial charge in [0.25, 0.3) is 6.43 Å². The molecular formula is C10H6Cl2F2N2. The maximum Gasteiger partial charge on any atom is 0.263 e. The first-order valence-electron chi connectivity index (χ1n) is 4.36. The molecule has 1 aromatic heterocycles. The Bertz CT molecular complexity index is 475. The van der Waals surface area contributed by atoms with E-state index in [1.807, 2.05) is 0 Å². The molecule has 1 aromatic carbocycles. The van der Waals surface area contributed by atoms with Gasteiger partial charge >= 0.3 is 0 Å². The Balaban J connectivity index is 2.56. The molecule has 0 atom stereocenters. The molecule has 0 unspecified atom stereocenters. The van der Waals surface area contributed by atoms with Crippen LogP contribution in [-0.2, 0) is 0 Å². The molecule has 0 saturated carbocycles. The summed E-state index contributed by atoms with van der Waals surface area (Å²) in [5.41, 5.74) is 0.198. The lowest BCUT2D eigenvalue weighted by Gasteiger charge is -2.09. The van der Waals surface area contributed by atoms with Gasteiger partial charge in [-0.25, -0.2) is 13.5 Å². The van der Waals surface area contributed by atoms with Gasteiger partial charge in [-0.3, -0.25) is 0 Å². The maximum absolute atomic E-state index is 12.5. The number of hydrogen-bond donors (Lipinski definition) is 0. The minimum absolute atomic E-state index is 0.145. The highest BCUT2D eigenvalue weighted by Crippen LogP contribution is 2.33. The molecule has 0 saturated heterocycles. The molecule has 0 N–H and O–H groups in total. The van der Waals surface area contributed by atoms with Crippen molar-refractivity contribution in [3.05, 3.63) is 46.2 Å². The van der Waals surface area contributed by atoms with Crippen LogP contribution in [0.5, 0.6) is 0 Å². The third kappa shape index (κ3) is 2.03. The highest BCUT2D eigenvalue weighted by atomic mass is 35.5. The summed E-state index contributed by atoms with van der Waals surface area (Å²) in [6, 6.07) is 4.07. The Hall–Kier alpha value is -1.13. The van der Waals surface area contributed by atoms with Crippen LogP contribution in [-0.4, -0.2) is 9.78 Å². The zero-order chi connectivity index (χ0) is 11.7.